The summed E-state index contributed by atoms with van der Waals surface area (Å²) in [6.07, 6.45) is 0. The van der Waals surface area contributed by atoms with Gasteiger partial charge in [0.2, 0.25) is 0 Å². The molecule has 4 nitrogen and oxygen atoms in total. The zero-order valence-corrected chi connectivity index (χ0v) is 12.9. The molecule has 0 unspecified atom stereocenters. The van der Waals surface area contributed by atoms with Crippen molar-refractivity contribution in [1.29, 1.82) is 0 Å². The minimum Gasteiger partial charge on any atom is -0.489 e. The molecule has 0 spiro atoms. The van der Waals surface area contributed by atoms with Crippen LogP contribution in [0, 0.1) is 5.82 Å². The average Bonchev–Trinajstić information content (AvgIpc) is 2.44. The lowest BCUT2D eigenvalue weighted by Crippen LogP contribution is -2.32. The van der Waals surface area contributed by atoms with E-state index in [1.54, 1.807) is 30.3 Å². The number of halogens is 3. The number of anilines is 1. The van der Waals surface area contributed by atoms with Gasteiger partial charge in [-0.15, -0.1) is 0 Å². The Bertz CT molecular complexity index is 647. The molecule has 2 N–H and O–H groups in total. The Labute approximate surface area is 137 Å². The van der Waals surface area contributed by atoms with Gasteiger partial charge in [0.1, 0.15) is 6.61 Å². The van der Waals surface area contributed by atoms with E-state index in [1.807, 2.05) is 0 Å². The molecule has 7 heteroatoms. The van der Waals surface area contributed by atoms with Gasteiger partial charge in [0.25, 0.3) is 0 Å². The molecule has 0 heterocycles. The molecule has 0 aromatic heterocycles. The summed E-state index contributed by atoms with van der Waals surface area (Å²) < 4.78 is 18.5. The van der Waals surface area contributed by atoms with E-state index in [1.165, 1.54) is 12.1 Å². The Hall–Kier alpha value is -1.98. The fourth-order valence-electron chi connectivity index (χ4n) is 1.69. The van der Waals surface area contributed by atoms with E-state index in [4.69, 9.17) is 27.9 Å². The van der Waals surface area contributed by atoms with E-state index >= 15 is 0 Å². The summed E-state index contributed by atoms with van der Waals surface area (Å²) in [5, 5.41) is 6.01. The van der Waals surface area contributed by atoms with Crippen LogP contribution in [0.3, 0.4) is 0 Å². The van der Waals surface area contributed by atoms with Gasteiger partial charge in [-0.3, -0.25) is 0 Å². The molecule has 0 bridgehead atoms. The molecular weight excluding hydrogens is 330 g/mol. The first-order valence-corrected chi connectivity index (χ1v) is 7.18. The SMILES string of the molecule is O=C(NCCOc1ccccc1F)Nc1cc(Cl)cc(Cl)c1. The molecule has 2 amide bonds. The first-order valence-electron chi connectivity index (χ1n) is 6.43. The van der Waals surface area contributed by atoms with Gasteiger partial charge in [-0.25, -0.2) is 9.18 Å². The van der Waals surface area contributed by atoms with E-state index in [9.17, 15) is 9.18 Å². The van der Waals surface area contributed by atoms with Gasteiger partial charge in [0, 0.05) is 15.7 Å². The summed E-state index contributed by atoms with van der Waals surface area (Å²) in [6.45, 7) is 0.360. The van der Waals surface area contributed by atoms with Crippen molar-refractivity contribution in [2.45, 2.75) is 0 Å². The number of hydrogen-bond acceptors (Lipinski definition) is 2. The summed E-state index contributed by atoms with van der Waals surface area (Å²) in [7, 11) is 0. The third-order valence-electron chi connectivity index (χ3n) is 2.60. The topological polar surface area (TPSA) is 50.4 Å². The van der Waals surface area contributed by atoms with Crippen molar-refractivity contribution < 1.29 is 13.9 Å². The van der Waals surface area contributed by atoms with Gasteiger partial charge >= 0.3 is 6.03 Å². The first-order chi connectivity index (χ1) is 10.5. The molecule has 2 aromatic rings. The van der Waals surface area contributed by atoms with Crippen molar-refractivity contribution in [3.63, 3.8) is 0 Å². The Kier molecular flexibility index (Phi) is 5.86. The molecule has 116 valence electrons. The first kappa shape index (κ1) is 16.4. The Morgan fingerprint density at radius 3 is 2.50 bits per heavy atom. The van der Waals surface area contributed by atoms with E-state index in [0.29, 0.717) is 15.7 Å². The molecule has 0 fully saturated rings. The highest BCUT2D eigenvalue weighted by atomic mass is 35.5. The second kappa shape index (κ2) is 7.87. The number of carbonyl (C=O) groups is 1. The van der Waals surface area contributed by atoms with Gasteiger partial charge < -0.3 is 15.4 Å². The molecule has 0 aliphatic heterocycles. The normalized spacial score (nSPS) is 10.1. The Morgan fingerprint density at radius 2 is 1.82 bits per heavy atom. The largest absolute Gasteiger partial charge is 0.489 e. The number of hydrogen-bond donors (Lipinski definition) is 2. The van der Waals surface area contributed by atoms with Crippen LogP contribution in [-0.4, -0.2) is 19.2 Å². The number of ether oxygens (including phenoxy) is 1. The van der Waals surface area contributed by atoms with Crippen molar-refractivity contribution in [2.24, 2.45) is 0 Å². The van der Waals surface area contributed by atoms with Crippen molar-refractivity contribution in [1.82, 2.24) is 5.32 Å². The van der Waals surface area contributed by atoms with Crippen LogP contribution in [0.25, 0.3) is 0 Å². The monoisotopic (exact) mass is 342 g/mol. The number of carbonyl (C=O) groups excluding carboxylic acids is 1. The van der Waals surface area contributed by atoms with Gasteiger partial charge in [0.15, 0.2) is 11.6 Å². The standard InChI is InChI=1S/C15H13Cl2FN2O2/c16-10-7-11(17)9-12(8-10)20-15(21)19-5-6-22-14-4-2-1-3-13(14)18/h1-4,7-9H,5-6H2,(H2,19,20,21). The van der Waals surface area contributed by atoms with Gasteiger partial charge in [-0.1, -0.05) is 35.3 Å². The second-order valence-corrected chi connectivity index (χ2v) is 5.19. The summed E-state index contributed by atoms with van der Waals surface area (Å²) in [6, 6.07) is 10.3. The smallest absolute Gasteiger partial charge is 0.319 e. The summed E-state index contributed by atoms with van der Waals surface area (Å²) in [5.41, 5.74) is 0.477. The van der Waals surface area contributed by atoms with Crippen molar-refractivity contribution in [3.8, 4) is 5.75 Å². The molecule has 0 saturated carbocycles. The van der Waals surface area contributed by atoms with Crippen LogP contribution in [0.4, 0.5) is 14.9 Å². The number of amides is 2. The van der Waals surface area contributed by atoms with Crippen molar-refractivity contribution in [2.75, 3.05) is 18.5 Å². The van der Waals surface area contributed by atoms with Crippen molar-refractivity contribution in [3.05, 3.63) is 58.3 Å². The molecule has 2 aromatic carbocycles. The Balaban J connectivity index is 1.75. The van der Waals surface area contributed by atoms with Crippen LogP contribution in [0.1, 0.15) is 0 Å². The van der Waals surface area contributed by atoms with E-state index in [-0.39, 0.29) is 18.9 Å². The zero-order valence-electron chi connectivity index (χ0n) is 11.4. The van der Waals surface area contributed by atoms with Crippen LogP contribution in [0.15, 0.2) is 42.5 Å². The second-order valence-electron chi connectivity index (χ2n) is 4.32. The molecular formula is C15H13Cl2FN2O2. The quantitative estimate of drug-likeness (QED) is 0.794. The molecule has 0 saturated heterocycles. The highest BCUT2D eigenvalue weighted by molar-refractivity contribution is 6.35. The summed E-state index contributed by atoms with van der Waals surface area (Å²) in [5.74, 6) is -0.299. The fourth-order valence-corrected chi connectivity index (χ4v) is 2.21. The average molecular weight is 343 g/mol. The number of para-hydroxylation sites is 1. The third kappa shape index (κ3) is 5.09. The molecule has 0 radical (unpaired) electrons. The van der Waals surface area contributed by atoms with E-state index in [2.05, 4.69) is 10.6 Å². The minimum atomic E-state index is -0.444. The highest BCUT2D eigenvalue weighted by Gasteiger charge is 2.04. The Morgan fingerprint density at radius 1 is 1.14 bits per heavy atom. The zero-order chi connectivity index (χ0) is 15.9. The van der Waals surface area contributed by atoms with Gasteiger partial charge in [-0.2, -0.15) is 0 Å². The van der Waals surface area contributed by atoms with Crippen LogP contribution in [-0.2, 0) is 0 Å². The lowest BCUT2D eigenvalue weighted by Gasteiger charge is -2.10. The maximum absolute atomic E-state index is 13.3. The molecule has 0 aliphatic carbocycles. The maximum atomic E-state index is 13.3. The van der Waals surface area contributed by atoms with Crippen molar-refractivity contribution >= 4 is 34.9 Å². The molecule has 0 aliphatic rings. The van der Waals surface area contributed by atoms with Gasteiger partial charge in [0.05, 0.1) is 6.54 Å². The summed E-state index contributed by atoms with van der Waals surface area (Å²) in [4.78, 5) is 11.7. The number of nitrogens with one attached hydrogen (secondary N) is 2. The lowest BCUT2D eigenvalue weighted by atomic mass is 10.3. The predicted octanol–water partition coefficient (Wildman–Crippen LogP) is 4.33. The molecule has 2 rings (SSSR count). The minimum absolute atomic E-state index is 0.144. The highest BCUT2D eigenvalue weighted by Crippen LogP contribution is 2.22. The van der Waals surface area contributed by atoms with Gasteiger partial charge in [-0.05, 0) is 30.3 Å². The molecule has 0 atom stereocenters. The number of benzene rings is 2. The number of urea groups is 1. The van der Waals surface area contributed by atoms with Crippen LogP contribution in [0.2, 0.25) is 10.0 Å². The summed E-state index contributed by atoms with van der Waals surface area (Å²) >= 11 is 11.7. The van der Waals surface area contributed by atoms with Crippen LogP contribution < -0.4 is 15.4 Å². The molecule has 22 heavy (non-hydrogen) atoms. The van der Waals surface area contributed by atoms with E-state index in [0.717, 1.165) is 0 Å². The van der Waals surface area contributed by atoms with Crippen LogP contribution >= 0.6 is 23.2 Å². The third-order valence-corrected chi connectivity index (χ3v) is 3.04. The number of rotatable bonds is 5. The lowest BCUT2D eigenvalue weighted by molar-refractivity contribution is 0.246. The van der Waals surface area contributed by atoms with Crippen LogP contribution in [0.5, 0.6) is 5.75 Å². The predicted molar refractivity (Wildman–Crippen MR) is 85.4 cm³/mol. The maximum Gasteiger partial charge on any atom is 0.319 e. The fraction of sp³-hybridized carbons (Fsp3) is 0.133. The van der Waals surface area contributed by atoms with E-state index < -0.39 is 11.8 Å².